The molecule has 0 unspecified atom stereocenters. The Bertz CT molecular complexity index is 865. The number of nitrogens with zero attached hydrogens (tertiary/aromatic N) is 4. The summed E-state index contributed by atoms with van der Waals surface area (Å²) in [6.45, 7) is 1.84. The predicted molar refractivity (Wildman–Crippen MR) is 105 cm³/mol. The number of aromatic nitrogens is 2. The van der Waals surface area contributed by atoms with Crippen LogP contribution < -0.4 is 14.5 Å². The summed E-state index contributed by atoms with van der Waals surface area (Å²) in [6.07, 6.45) is 4.98. The number of piperidine rings is 1. The van der Waals surface area contributed by atoms with Gasteiger partial charge >= 0.3 is 0 Å². The van der Waals surface area contributed by atoms with Gasteiger partial charge in [0.05, 0.1) is 11.1 Å². The highest BCUT2D eigenvalue weighted by atomic mass is 35.5. The minimum absolute atomic E-state index is 0.131. The fourth-order valence-electron chi connectivity index (χ4n) is 2.84. The van der Waals surface area contributed by atoms with Gasteiger partial charge in [0.1, 0.15) is 5.69 Å². The van der Waals surface area contributed by atoms with E-state index in [1.807, 2.05) is 14.1 Å². The molecular weight excluding hydrogens is 374 g/mol. The molecule has 1 aromatic carbocycles. The molecule has 1 aromatic heterocycles. The van der Waals surface area contributed by atoms with Crippen molar-refractivity contribution in [3.8, 4) is 0 Å². The molecule has 9 heteroatoms. The normalized spacial score (nSPS) is 15.0. The summed E-state index contributed by atoms with van der Waals surface area (Å²) in [5.74, 6) is 1.15. The first-order chi connectivity index (χ1) is 12.4. The molecule has 1 fully saturated rings. The number of sulfonamides is 1. The Morgan fingerprint density at radius 3 is 2.38 bits per heavy atom. The number of benzene rings is 1. The van der Waals surface area contributed by atoms with Gasteiger partial charge in [-0.2, -0.15) is 4.98 Å². The van der Waals surface area contributed by atoms with E-state index >= 15 is 0 Å². The summed E-state index contributed by atoms with van der Waals surface area (Å²) in [7, 11) is -0.109. The van der Waals surface area contributed by atoms with Crippen LogP contribution in [-0.4, -0.2) is 45.6 Å². The molecular formula is C17H22ClN5O2S. The van der Waals surface area contributed by atoms with Crippen molar-refractivity contribution < 1.29 is 8.42 Å². The van der Waals surface area contributed by atoms with Crippen molar-refractivity contribution in [1.82, 2.24) is 9.97 Å². The molecule has 2 aromatic rings. The Kier molecular flexibility index (Phi) is 5.52. The number of anilines is 3. The maximum atomic E-state index is 12.6. The third-order valence-corrected chi connectivity index (χ3v) is 5.82. The lowest BCUT2D eigenvalue weighted by Crippen LogP contribution is -2.31. The molecule has 0 aliphatic carbocycles. The molecule has 26 heavy (non-hydrogen) atoms. The van der Waals surface area contributed by atoms with Gasteiger partial charge in [0.15, 0.2) is 5.82 Å². The van der Waals surface area contributed by atoms with Gasteiger partial charge in [-0.3, -0.25) is 4.72 Å². The summed E-state index contributed by atoms with van der Waals surface area (Å²) in [6, 6.07) is 6.00. The molecule has 140 valence electrons. The lowest BCUT2D eigenvalue weighted by Gasteiger charge is -2.28. The van der Waals surface area contributed by atoms with Crippen LogP contribution >= 0.6 is 11.6 Å². The maximum Gasteiger partial charge on any atom is 0.262 e. The third-order valence-electron chi connectivity index (χ3n) is 4.19. The zero-order valence-electron chi connectivity index (χ0n) is 14.8. The molecule has 1 aliphatic heterocycles. The molecule has 0 spiro atoms. The lowest BCUT2D eigenvalue weighted by molar-refractivity contribution is 0.568. The molecule has 7 nitrogen and oxygen atoms in total. The van der Waals surface area contributed by atoms with E-state index in [-0.39, 0.29) is 4.90 Å². The molecule has 1 N–H and O–H groups in total. The van der Waals surface area contributed by atoms with E-state index < -0.39 is 10.0 Å². The van der Waals surface area contributed by atoms with Crippen molar-refractivity contribution >= 4 is 39.1 Å². The van der Waals surface area contributed by atoms with Crippen LogP contribution in [0, 0.1) is 0 Å². The topological polar surface area (TPSA) is 78.4 Å². The second-order valence-corrected chi connectivity index (χ2v) is 8.53. The van der Waals surface area contributed by atoms with Crippen LogP contribution in [0.25, 0.3) is 0 Å². The summed E-state index contributed by atoms with van der Waals surface area (Å²) >= 11 is 5.83. The van der Waals surface area contributed by atoms with Crippen molar-refractivity contribution in [2.75, 3.05) is 41.7 Å². The van der Waals surface area contributed by atoms with E-state index in [2.05, 4.69) is 19.6 Å². The number of nitrogens with one attached hydrogen (secondary N) is 1. The standard InChI is InChI=1S/C17H22ClN5O2S/c1-22(2)16-15(12-19-17(20-16)23-10-4-3-5-11-23)21-26(24,25)14-8-6-13(18)7-9-14/h6-9,12,21H,3-5,10-11H2,1-2H3. The number of hydrogen-bond acceptors (Lipinski definition) is 6. The van der Waals surface area contributed by atoms with E-state index in [1.54, 1.807) is 17.0 Å². The van der Waals surface area contributed by atoms with E-state index in [0.29, 0.717) is 22.5 Å². The Morgan fingerprint density at radius 2 is 1.77 bits per heavy atom. The van der Waals surface area contributed by atoms with Gasteiger partial charge in [-0.1, -0.05) is 11.6 Å². The number of rotatable bonds is 5. The van der Waals surface area contributed by atoms with Gasteiger partial charge in [-0.25, -0.2) is 13.4 Å². The first-order valence-electron chi connectivity index (χ1n) is 8.44. The Labute approximate surface area is 159 Å². The average molecular weight is 396 g/mol. The SMILES string of the molecule is CN(C)c1nc(N2CCCCC2)ncc1NS(=O)(=O)c1ccc(Cl)cc1. The summed E-state index contributed by atoms with van der Waals surface area (Å²) in [5, 5.41) is 0.479. The van der Waals surface area contributed by atoms with Crippen LogP contribution in [-0.2, 0) is 10.0 Å². The van der Waals surface area contributed by atoms with E-state index in [1.165, 1.54) is 24.8 Å². The first-order valence-corrected chi connectivity index (χ1v) is 10.3. The summed E-state index contributed by atoms with van der Waals surface area (Å²) < 4.78 is 27.8. The molecule has 1 aliphatic rings. The number of hydrogen-bond donors (Lipinski definition) is 1. The average Bonchev–Trinajstić information content (AvgIpc) is 2.62. The van der Waals surface area contributed by atoms with Crippen molar-refractivity contribution in [3.63, 3.8) is 0 Å². The molecule has 0 radical (unpaired) electrons. The summed E-state index contributed by atoms with van der Waals surface area (Å²) in [5.41, 5.74) is 0.339. The summed E-state index contributed by atoms with van der Waals surface area (Å²) in [4.78, 5) is 13.0. The Balaban J connectivity index is 1.90. The van der Waals surface area contributed by atoms with E-state index in [0.717, 1.165) is 25.9 Å². The van der Waals surface area contributed by atoms with Crippen LogP contribution in [0.4, 0.5) is 17.5 Å². The fraction of sp³-hybridized carbons (Fsp3) is 0.412. The van der Waals surface area contributed by atoms with Gasteiger partial charge in [-0.05, 0) is 43.5 Å². The van der Waals surface area contributed by atoms with Crippen molar-refractivity contribution in [2.24, 2.45) is 0 Å². The minimum Gasteiger partial charge on any atom is -0.361 e. The van der Waals surface area contributed by atoms with E-state index in [9.17, 15) is 8.42 Å². The van der Waals surface area contributed by atoms with Crippen LogP contribution in [0.3, 0.4) is 0 Å². The van der Waals surface area contributed by atoms with Crippen molar-refractivity contribution in [3.05, 3.63) is 35.5 Å². The molecule has 3 rings (SSSR count). The maximum absolute atomic E-state index is 12.6. The highest BCUT2D eigenvalue weighted by Gasteiger charge is 2.20. The van der Waals surface area contributed by atoms with Crippen molar-refractivity contribution in [2.45, 2.75) is 24.2 Å². The zero-order valence-corrected chi connectivity index (χ0v) is 16.4. The van der Waals surface area contributed by atoms with Crippen LogP contribution in [0.5, 0.6) is 0 Å². The van der Waals surface area contributed by atoms with Gasteiger partial charge in [-0.15, -0.1) is 0 Å². The molecule has 1 saturated heterocycles. The minimum atomic E-state index is -3.75. The quantitative estimate of drug-likeness (QED) is 0.838. The highest BCUT2D eigenvalue weighted by molar-refractivity contribution is 7.92. The molecule has 0 bridgehead atoms. The first kappa shape index (κ1) is 18.7. The monoisotopic (exact) mass is 395 g/mol. The Hall–Kier alpha value is -2.06. The Morgan fingerprint density at radius 1 is 1.12 bits per heavy atom. The molecule has 0 amide bonds. The third kappa shape index (κ3) is 4.19. The second-order valence-electron chi connectivity index (χ2n) is 6.41. The molecule has 2 heterocycles. The van der Waals surface area contributed by atoms with Gasteiger partial charge in [0.25, 0.3) is 10.0 Å². The molecule has 0 atom stereocenters. The molecule has 0 saturated carbocycles. The predicted octanol–water partition coefficient (Wildman–Crippen LogP) is 2.99. The fourth-order valence-corrected chi connectivity index (χ4v) is 4.01. The highest BCUT2D eigenvalue weighted by Crippen LogP contribution is 2.27. The largest absolute Gasteiger partial charge is 0.361 e. The zero-order chi connectivity index (χ0) is 18.7. The van der Waals surface area contributed by atoms with Crippen LogP contribution in [0.15, 0.2) is 35.4 Å². The smallest absolute Gasteiger partial charge is 0.262 e. The number of halogens is 1. The van der Waals surface area contributed by atoms with Crippen LogP contribution in [0.1, 0.15) is 19.3 Å². The van der Waals surface area contributed by atoms with Gasteiger partial charge in [0, 0.05) is 32.2 Å². The van der Waals surface area contributed by atoms with Gasteiger partial charge in [0.2, 0.25) is 5.95 Å². The van der Waals surface area contributed by atoms with Crippen molar-refractivity contribution in [1.29, 1.82) is 0 Å². The van der Waals surface area contributed by atoms with Gasteiger partial charge < -0.3 is 9.80 Å². The van der Waals surface area contributed by atoms with E-state index in [4.69, 9.17) is 11.6 Å². The van der Waals surface area contributed by atoms with Crippen LogP contribution in [0.2, 0.25) is 5.02 Å². The second kappa shape index (κ2) is 7.67. The lowest BCUT2D eigenvalue weighted by atomic mass is 10.1.